The number of ether oxygens (including phenoxy) is 1. The maximum Gasteiger partial charge on any atom is 0.142 e. The molecule has 1 aromatic rings. The van der Waals surface area contributed by atoms with E-state index in [9.17, 15) is 0 Å². The largest absolute Gasteiger partial charge is 0.495 e. The Bertz CT molecular complexity index is 515. The summed E-state index contributed by atoms with van der Waals surface area (Å²) in [5, 5.41) is 0. The molecule has 1 saturated carbocycles. The van der Waals surface area contributed by atoms with Gasteiger partial charge in [-0.2, -0.15) is 0 Å². The molecular weight excluding hydrogens is 296 g/mol. The Labute approximate surface area is 148 Å². The van der Waals surface area contributed by atoms with Crippen LogP contribution in [-0.2, 0) is 0 Å². The number of anilines is 1. The summed E-state index contributed by atoms with van der Waals surface area (Å²) in [4.78, 5) is 5.15. The summed E-state index contributed by atoms with van der Waals surface area (Å²) in [5.41, 5.74) is 2.57. The fourth-order valence-corrected chi connectivity index (χ4v) is 4.24. The third-order valence-corrected chi connectivity index (χ3v) is 6.04. The molecule has 1 aliphatic carbocycles. The van der Waals surface area contributed by atoms with Crippen molar-refractivity contribution in [2.24, 2.45) is 11.8 Å². The van der Waals surface area contributed by atoms with Crippen LogP contribution in [0.5, 0.6) is 5.75 Å². The highest BCUT2D eigenvalue weighted by molar-refractivity contribution is 5.60. The van der Waals surface area contributed by atoms with Gasteiger partial charge >= 0.3 is 0 Å². The highest BCUT2D eigenvalue weighted by Crippen LogP contribution is 2.32. The molecule has 0 amide bonds. The maximum atomic E-state index is 5.56. The Morgan fingerprint density at radius 3 is 2.42 bits per heavy atom. The van der Waals surface area contributed by atoms with Crippen molar-refractivity contribution in [3.63, 3.8) is 0 Å². The number of benzene rings is 1. The molecule has 0 atom stereocenters. The normalized spacial score (nSPS) is 25.7. The minimum absolute atomic E-state index is 0.967. The molecule has 1 heterocycles. The number of rotatable bonds is 5. The van der Waals surface area contributed by atoms with Crippen LogP contribution in [0.1, 0.15) is 44.6 Å². The fraction of sp³-hybridized carbons (Fsp3) is 0.714. The van der Waals surface area contributed by atoms with E-state index >= 15 is 0 Å². The van der Waals surface area contributed by atoms with E-state index in [1.807, 2.05) is 0 Å². The summed E-state index contributed by atoms with van der Waals surface area (Å²) in [6, 6.07) is 6.49. The second kappa shape index (κ2) is 8.24. The molecule has 0 radical (unpaired) electrons. The molecule has 0 unspecified atom stereocenters. The number of hydrogen-bond acceptors (Lipinski definition) is 3. The molecule has 0 aromatic heterocycles. The summed E-state index contributed by atoms with van der Waals surface area (Å²) in [7, 11) is 1.77. The average Bonchev–Trinajstić information content (AvgIpc) is 2.62. The minimum Gasteiger partial charge on any atom is -0.495 e. The van der Waals surface area contributed by atoms with Crippen LogP contribution >= 0.6 is 0 Å². The van der Waals surface area contributed by atoms with Crippen LogP contribution in [0, 0.1) is 18.8 Å². The van der Waals surface area contributed by atoms with Crippen LogP contribution < -0.4 is 9.64 Å². The summed E-state index contributed by atoms with van der Waals surface area (Å²) in [5.74, 6) is 2.95. The van der Waals surface area contributed by atoms with Gasteiger partial charge in [0.15, 0.2) is 0 Å². The standard InChI is InChI=1S/C21H34N2O/c1-17-4-7-19(8-5-17)10-11-22-12-14-23(15-13-22)20-16-18(2)6-9-21(20)24-3/h6,9,16-17,19H,4-5,7-8,10-15H2,1-3H3. The zero-order chi connectivity index (χ0) is 16.9. The van der Waals surface area contributed by atoms with Gasteiger partial charge in [-0.05, 0) is 49.4 Å². The molecule has 3 rings (SSSR count). The van der Waals surface area contributed by atoms with Crippen molar-refractivity contribution in [3.05, 3.63) is 23.8 Å². The first kappa shape index (κ1) is 17.6. The maximum absolute atomic E-state index is 5.56. The zero-order valence-electron chi connectivity index (χ0n) is 15.8. The summed E-state index contributed by atoms with van der Waals surface area (Å²) >= 11 is 0. The lowest BCUT2D eigenvalue weighted by Crippen LogP contribution is -2.47. The number of aryl methyl sites for hydroxylation is 1. The highest BCUT2D eigenvalue weighted by atomic mass is 16.5. The average molecular weight is 331 g/mol. The van der Waals surface area contributed by atoms with Gasteiger partial charge in [0, 0.05) is 26.2 Å². The van der Waals surface area contributed by atoms with E-state index in [1.165, 1.54) is 63.0 Å². The minimum atomic E-state index is 0.967. The monoisotopic (exact) mass is 330 g/mol. The van der Waals surface area contributed by atoms with E-state index < -0.39 is 0 Å². The fourth-order valence-electron chi connectivity index (χ4n) is 4.24. The molecule has 24 heavy (non-hydrogen) atoms. The lowest BCUT2D eigenvalue weighted by Gasteiger charge is -2.37. The molecular formula is C21H34N2O. The van der Waals surface area contributed by atoms with Crippen LogP contribution in [0.25, 0.3) is 0 Å². The molecule has 1 aromatic carbocycles. The predicted octanol–water partition coefficient (Wildman–Crippen LogP) is 4.34. The van der Waals surface area contributed by atoms with E-state index in [0.717, 1.165) is 30.7 Å². The lowest BCUT2D eigenvalue weighted by molar-refractivity contribution is 0.208. The van der Waals surface area contributed by atoms with E-state index in [2.05, 4.69) is 41.8 Å². The van der Waals surface area contributed by atoms with Crippen LogP contribution in [0.15, 0.2) is 18.2 Å². The van der Waals surface area contributed by atoms with Crippen molar-refractivity contribution in [1.29, 1.82) is 0 Å². The van der Waals surface area contributed by atoms with E-state index in [1.54, 1.807) is 7.11 Å². The third-order valence-electron chi connectivity index (χ3n) is 6.04. The van der Waals surface area contributed by atoms with Crippen molar-refractivity contribution in [3.8, 4) is 5.75 Å². The van der Waals surface area contributed by atoms with Gasteiger partial charge in [-0.1, -0.05) is 38.7 Å². The number of nitrogens with zero attached hydrogens (tertiary/aromatic N) is 2. The molecule has 1 saturated heterocycles. The molecule has 134 valence electrons. The Balaban J connectivity index is 1.47. The third kappa shape index (κ3) is 4.44. The molecule has 2 fully saturated rings. The first-order chi connectivity index (χ1) is 11.7. The van der Waals surface area contributed by atoms with Gasteiger partial charge in [0.2, 0.25) is 0 Å². The summed E-state index contributed by atoms with van der Waals surface area (Å²) in [6.45, 7) is 10.4. The van der Waals surface area contributed by atoms with Crippen LogP contribution in [-0.4, -0.2) is 44.7 Å². The van der Waals surface area contributed by atoms with Crippen LogP contribution in [0.2, 0.25) is 0 Å². The number of hydrogen-bond donors (Lipinski definition) is 0. The van der Waals surface area contributed by atoms with Gasteiger partial charge in [-0.25, -0.2) is 0 Å². The quantitative estimate of drug-likeness (QED) is 0.798. The predicted molar refractivity (Wildman–Crippen MR) is 102 cm³/mol. The number of methoxy groups -OCH3 is 1. The highest BCUT2D eigenvalue weighted by Gasteiger charge is 2.22. The Morgan fingerprint density at radius 2 is 1.75 bits per heavy atom. The van der Waals surface area contributed by atoms with Crippen molar-refractivity contribution >= 4 is 5.69 Å². The molecule has 0 spiro atoms. The molecule has 3 heteroatoms. The van der Waals surface area contributed by atoms with Gasteiger partial charge in [0.05, 0.1) is 12.8 Å². The Morgan fingerprint density at radius 1 is 1.04 bits per heavy atom. The summed E-state index contributed by atoms with van der Waals surface area (Å²) < 4.78 is 5.56. The van der Waals surface area contributed by atoms with Crippen molar-refractivity contribution < 1.29 is 4.74 Å². The van der Waals surface area contributed by atoms with Crippen LogP contribution in [0.3, 0.4) is 0 Å². The Hall–Kier alpha value is -1.22. The molecule has 3 nitrogen and oxygen atoms in total. The Kier molecular flexibility index (Phi) is 6.04. The van der Waals surface area contributed by atoms with Crippen molar-refractivity contribution in [1.82, 2.24) is 4.90 Å². The van der Waals surface area contributed by atoms with E-state index in [0.29, 0.717) is 0 Å². The second-order valence-corrected chi connectivity index (χ2v) is 7.92. The van der Waals surface area contributed by atoms with Gasteiger partial charge < -0.3 is 9.64 Å². The lowest BCUT2D eigenvalue weighted by atomic mass is 9.81. The van der Waals surface area contributed by atoms with E-state index in [4.69, 9.17) is 4.74 Å². The molecule has 0 N–H and O–H groups in total. The molecule has 2 aliphatic rings. The summed E-state index contributed by atoms with van der Waals surface area (Å²) in [6.07, 6.45) is 7.22. The van der Waals surface area contributed by atoms with Crippen LogP contribution in [0.4, 0.5) is 5.69 Å². The first-order valence-corrected chi connectivity index (χ1v) is 9.77. The molecule has 0 bridgehead atoms. The first-order valence-electron chi connectivity index (χ1n) is 9.77. The smallest absolute Gasteiger partial charge is 0.142 e. The van der Waals surface area contributed by atoms with Gasteiger partial charge in [0.25, 0.3) is 0 Å². The second-order valence-electron chi connectivity index (χ2n) is 7.92. The van der Waals surface area contributed by atoms with Gasteiger partial charge in [-0.3, -0.25) is 4.90 Å². The van der Waals surface area contributed by atoms with Gasteiger partial charge in [0.1, 0.15) is 5.75 Å². The SMILES string of the molecule is COc1ccc(C)cc1N1CCN(CCC2CCC(C)CC2)CC1. The topological polar surface area (TPSA) is 15.7 Å². The van der Waals surface area contributed by atoms with Gasteiger partial charge in [-0.15, -0.1) is 0 Å². The van der Waals surface area contributed by atoms with Crippen molar-refractivity contribution in [2.75, 3.05) is 44.7 Å². The number of piperazine rings is 1. The van der Waals surface area contributed by atoms with E-state index in [-0.39, 0.29) is 0 Å². The van der Waals surface area contributed by atoms with Crippen molar-refractivity contribution in [2.45, 2.75) is 46.0 Å². The zero-order valence-corrected chi connectivity index (χ0v) is 15.8. The molecule has 1 aliphatic heterocycles.